The van der Waals surface area contributed by atoms with Gasteiger partial charge in [0.2, 0.25) is 0 Å². The van der Waals surface area contributed by atoms with Crippen molar-refractivity contribution in [2.24, 2.45) is 5.73 Å². The summed E-state index contributed by atoms with van der Waals surface area (Å²) in [6.45, 7) is 0. The molecular weight excluding hydrogens is 190 g/mol. The minimum Gasteiger partial charge on any atom is -0.378 e. The summed E-state index contributed by atoms with van der Waals surface area (Å²) >= 11 is 0. The standard InChI is InChI=1S/C12H15NO2/c13-12(15)11(14)10-6-5-8-3-1-2-4-9(8)7-10/h5-7,11,14H,1-4H2,(H2,13,15)/t11-/m0/s1. The molecule has 3 N–H and O–H groups in total. The van der Waals surface area contributed by atoms with Crippen molar-refractivity contribution in [1.29, 1.82) is 0 Å². The van der Waals surface area contributed by atoms with E-state index in [2.05, 4.69) is 0 Å². The second-order valence-corrected chi connectivity index (χ2v) is 4.04. The highest BCUT2D eigenvalue weighted by atomic mass is 16.3. The predicted octanol–water partition coefficient (Wildman–Crippen LogP) is 1.08. The van der Waals surface area contributed by atoms with Crippen LogP contribution in [0.25, 0.3) is 0 Å². The fourth-order valence-corrected chi connectivity index (χ4v) is 2.09. The van der Waals surface area contributed by atoms with Gasteiger partial charge in [-0.15, -0.1) is 0 Å². The number of amides is 1. The van der Waals surface area contributed by atoms with Crippen molar-refractivity contribution in [2.75, 3.05) is 0 Å². The topological polar surface area (TPSA) is 63.3 Å². The van der Waals surface area contributed by atoms with Gasteiger partial charge >= 0.3 is 0 Å². The first-order chi connectivity index (χ1) is 7.18. The molecule has 0 aromatic heterocycles. The molecule has 0 spiro atoms. The first kappa shape index (κ1) is 10.2. The van der Waals surface area contributed by atoms with Gasteiger partial charge < -0.3 is 10.8 Å². The highest BCUT2D eigenvalue weighted by molar-refractivity contribution is 5.80. The molecular formula is C12H15NO2. The number of aryl methyl sites for hydroxylation is 2. The molecule has 3 heteroatoms. The Morgan fingerprint density at radius 2 is 1.93 bits per heavy atom. The lowest BCUT2D eigenvalue weighted by molar-refractivity contribution is -0.126. The summed E-state index contributed by atoms with van der Waals surface area (Å²) in [5, 5.41) is 9.52. The van der Waals surface area contributed by atoms with E-state index in [1.807, 2.05) is 12.1 Å². The van der Waals surface area contributed by atoms with E-state index in [0.29, 0.717) is 5.56 Å². The molecule has 3 nitrogen and oxygen atoms in total. The van der Waals surface area contributed by atoms with E-state index in [4.69, 9.17) is 5.73 Å². The van der Waals surface area contributed by atoms with Crippen LogP contribution in [-0.4, -0.2) is 11.0 Å². The minimum atomic E-state index is -1.17. The zero-order chi connectivity index (χ0) is 10.8. The fourth-order valence-electron chi connectivity index (χ4n) is 2.09. The van der Waals surface area contributed by atoms with Crippen molar-refractivity contribution < 1.29 is 9.90 Å². The Balaban J connectivity index is 2.31. The summed E-state index contributed by atoms with van der Waals surface area (Å²) in [7, 11) is 0. The van der Waals surface area contributed by atoms with Crippen molar-refractivity contribution in [2.45, 2.75) is 31.8 Å². The van der Waals surface area contributed by atoms with Crippen molar-refractivity contribution in [3.8, 4) is 0 Å². The average Bonchev–Trinajstić information content (AvgIpc) is 2.27. The Kier molecular flexibility index (Phi) is 2.73. The number of nitrogens with two attached hydrogens (primary N) is 1. The molecule has 0 saturated heterocycles. The molecule has 1 aromatic carbocycles. The van der Waals surface area contributed by atoms with Crippen molar-refractivity contribution >= 4 is 5.91 Å². The molecule has 0 unspecified atom stereocenters. The van der Waals surface area contributed by atoms with Crippen molar-refractivity contribution in [3.63, 3.8) is 0 Å². The molecule has 1 aliphatic rings. The normalized spacial score (nSPS) is 16.9. The lowest BCUT2D eigenvalue weighted by Crippen LogP contribution is -2.21. The summed E-state index contributed by atoms with van der Waals surface area (Å²) in [6, 6.07) is 5.69. The number of carbonyl (C=O) groups excluding carboxylic acids is 1. The Hall–Kier alpha value is -1.35. The third kappa shape index (κ3) is 2.02. The van der Waals surface area contributed by atoms with Gasteiger partial charge in [-0.2, -0.15) is 0 Å². The van der Waals surface area contributed by atoms with Gasteiger partial charge in [-0.05, 0) is 42.4 Å². The molecule has 0 fully saturated rings. The zero-order valence-electron chi connectivity index (χ0n) is 8.57. The summed E-state index contributed by atoms with van der Waals surface area (Å²) < 4.78 is 0. The Morgan fingerprint density at radius 3 is 2.60 bits per heavy atom. The number of rotatable bonds is 2. The van der Waals surface area contributed by atoms with Gasteiger partial charge in [-0.1, -0.05) is 18.2 Å². The number of aliphatic hydroxyl groups is 1. The van der Waals surface area contributed by atoms with Crippen LogP contribution in [0.5, 0.6) is 0 Å². The van der Waals surface area contributed by atoms with Gasteiger partial charge in [0.15, 0.2) is 6.10 Å². The van der Waals surface area contributed by atoms with Gasteiger partial charge in [0.1, 0.15) is 0 Å². The smallest absolute Gasteiger partial charge is 0.250 e. The van der Waals surface area contributed by atoms with Crippen LogP contribution >= 0.6 is 0 Å². The lowest BCUT2D eigenvalue weighted by Gasteiger charge is -2.17. The molecule has 1 aromatic rings. The predicted molar refractivity (Wildman–Crippen MR) is 57.2 cm³/mol. The molecule has 0 aliphatic heterocycles. The van der Waals surface area contributed by atoms with E-state index in [0.717, 1.165) is 12.8 Å². The number of hydrogen-bond acceptors (Lipinski definition) is 2. The Morgan fingerprint density at radius 1 is 1.27 bits per heavy atom. The molecule has 1 aliphatic carbocycles. The molecule has 1 atom stereocenters. The Labute approximate surface area is 88.9 Å². The van der Waals surface area contributed by atoms with Crippen LogP contribution in [0.3, 0.4) is 0 Å². The zero-order valence-corrected chi connectivity index (χ0v) is 8.57. The highest BCUT2D eigenvalue weighted by Crippen LogP contribution is 2.24. The van der Waals surface area contributed by atoms with Crippen LogP contribution < -0.4 is 5.73 Å². The number of aliphatic hydroxyl groups excluding tert-OH is 1. The maximum absolute atomic E-state index is 10.8. The van der Waals surface area contributed by atoms with Crippen LogP contribution in [0.15, 0.2) is 18.2 Å². The maximum atomic E-state index is 10.8. The number of carbonyl (C=O) groups is 1. The van der Waals surface area contributed by atoms with E-state index in [1.165, 1.54) is 24.0 Å². The third-order valence-corrected chi connectivity index (χ3v) is 2.96. The SMILES string of the molecule is NC(=O)[C@@H](O)c1ccc2c(c1)CCCC2. The quantitative estimate of drug-likeness (QED) is 0.759. The molecule has 0 radical (unpaired) electrons. The number of benzene rings is 1. The van der Waals surface area contributed by atoms with E-state index in [9.17, 15) is 9.90 Å². The molecule has 15 heavy (non-hydrogen) atoms. The van der Waals surface area contributed by atoms with E-state index < -0.39 is 12.0 Å². The van der Waals surface area contributed by atoms with E-state index >= 15 is 0 Å². The molecule has 80 valence electrons. The van der Waals surface area contributed by atoms with Crippen molar-refractivity contribution in [3.05, 3.63) is 34.9 Å². The van der Waals surface area contributed by atoms with Crippen molar-refractivity contribution in [1.82, 2.24) is 0 Å². The maximum Gasteiger partial charge on any atom is 0.250 e. The van der Waals surface area contributed by atoms with Gasteiger partial charge in [0.25, 0.3) is 5.91 Å². The molecule has 1 amide bonds. The Bertz CT molecular complexity index is 387. The minimum absolute atomic E-state index is 0.614. The second kappa shape index (κ2) is 4.03. The fraction of sp³-hybridized carbons (Fsp3) is 0.417. The first-order valence-corrected chi connectivity index (χ1v) is 5.27. The lowest BCUT2D eigenvalue weighted by atomic mass is 9.89. The summed E-state index contributed by atoms with van der Waals surface area (Å²) in [6.07, 6.45) is 3.38. The summed E-state index contributed by atoms with van der Waals surface area (Å²) in [5.74, 6) is -0.689. The molecule has 0 saturated carbocycles. The van der Waals surface area contributed by atoms with E-state index in [1.54, 1.807) is 6.07 Å². The number of primary amides is 1. The van der Waals surface area contributed by atoms with Crippen LogP contribution in [0.1, 0.15) is 35.6 Å². The van der Waals surface area contributed by atoms with E-state index in [-0.39, 0.29) is 0 Å². The summed E-state index contributed by atoms with van der Waals surface area (Å²) in [4.78, 5) is 10.8. The van der Waals surface area contributed by atoms with Crippen LogP contribution in [-0.2, 0) is 17.6 Å². The highest BCUT2D eigenvalue weighted by Gasteiger charge is 2.16. The third-order valence-electron chi connectivity index (χ3n) is 2.96. The van der Waals surface area contributed by atoms with Gasteiger partial charge in [-0.25, -0.2) is 0 Å². The first-order valence-electron chi connectivity index (χ1n) is 5.27. The largest absolute Gasteiger partial charge is 0.378 e. The molecule has 0 bridgehead atoms. The molecule has 0 heterocycles. The second-order valence-electron chi connectivity index (χ2n) is 4.04. The number of hydrogen-bond donors (Lipinski definition) is 2. The average molecular weight is 205 g/mol. The van der Waals surface area contributed by atoms with Gasteiger partial charge in [0.05, 0.1) is 0 Å². The summed E-state index contributed by atoms with van der Waals surface area (Å²) in [5.41, 5.74) is 8.25. The van der Waals surface area contributed by atoms with Gasteiger partial charge in [-0.3, -0.25) is 4.79 Å². The van der Waals surface area contributed by atoms with Crippen LogP contribution in [0, 0.1) is 0 Å². The van der Waals surface area contributed by atoms with Crippen LogP contribution in [0.4, 0.5) is 0 Å². The number of fused-ring (bicyclic) bond motifs is 1. The van der Waals surface area contributed by atoms with Crippen LogP contribution in [0.2, 0.25) is 0 Å². The monoisotopic (exact) mass is 205 g/mol. The van der Waals surface area contributed by atoms with Gasteiger partial charge in [0, 0.05) is 0 Å². The molecule has 2 rings (SSSR count).